The Balaban J connectivity index is 2.17. The molecule has 0 saturated carbocycles. The molecule has 2 rings (SSSR count). The highest BCUT2D eigenvalue weighted by atomic mass is 35.5. The molecule has 0 radical (unpaired) electrons. The Bertz CT molecular complexity index is 500. The van der Waals surface area contributed by atoms with E-state index in [9.17, 15) is 0 Å². The van der Waals surface area contributed by atoms with E-state index in [0.717, 1.165) is 24.1 Å². The minimum atomic E-state index is 0.154. The van der Waals surface area contributed by atoms with Crippen LogP contribution in [0.15, 0.2) is 18.6 Å². The van der Waals surface area contributed by atoms with Gasteiger partial charge in [0, 0.05) is 18.4 Å². The Morgan fingerprint density at radius 3 is 2.56 bits per heavy atom. The van der Waals surface area contributed by atoms with Gasteiger partial charge in [-0.15, -0.1) is 0 Å². The van der Waals surface area contributed by atoms with Crippen molar-refractivity contribution in [3.8, 4) is 5.95 Å². The smallest absolute Gasteiger partial charge is 0.250 e. The van der Waals surface area contributed by atoms with Crippen molar-refractivity contribution >= 4 is 11.6 Å². The number of nitrogens with two attached hydrogens (primary N) is 1. The largest absolute Gasteiger partial charge is 0.327 e. The molecule has 0 aliphatic heterocycles. The quantitative estimate of drug-likeness (QED) is 0.917. The second kappa shape index (κ2) is 5.46. The molecule has 1 unspecified atom stereocenters. The lowest BCUT2D eigenvalue weighted by Gasteiger charge is -2.07. The fourth-order valence-electron chi connectivity index (χ4n) is 1.56. The van der Waals surface area contributed by atoms with Crippen LogP contribution in [0.1, 0.15) is 24.6 Å². The van der Waals surface area contributed by atoms with Gasteiger partial charge in [-0.1, -0.05) is 18.5 Å². The van der Waals surface area contributed by atoms with Crippen molar-refractivity contribution in [3.63, 3.8) is 0 Å². The Morgan fingerprint density at radius 1 is 1.39 bits per heavy atom. The first-order chi connectivity index (χ1) is 8.60. The van der Waals surface area contributed by atoms with Crippen LogP contribution in [-0.4, -0.2) is 25.8 Å². The SMILES string of the molecule is CCC(N)Cc1cnc(-n2cc(Cl)c(C)n2)nc1. The van der Waals surface area contributed by atoms with E-state index in [1.165, 1.54) is 0 Å². The van der Waals surface area contributed by atoms with E-state index in [1.807, 2.05) is 6.92 Å². The fraction of sp³-hybridized carbons (Fsp3) is 0.417. The Hall–Kier alpha value is -1.46. The number of rotatable bonds is 4. The summed E-state index contributed by atoms with van der Waals surface area (Å²) in [4.78, 5) is 8.53. The first-order valence-electron chi connectivity index (χ1n) is 5.88. The maximum absolute atomic E-state index is 5.94. The van der Waals surface area contributed by atoms with E-state index < -0.39 is 0 Å². The molecule has 18 heavy (non-hydrogen) atoms. The number of aromatic nitrogens is 4. The fourth-order valence-corrected chi connectivity index (χ4v) is 1.69. The van der Waals surface area contributed by atoms with Crippen molar-refractivity contribution in [1.82, 2.24) is 19.7 Å². The van der Waals surface area contributed by atoms with E-state index >= 15 is 0 Å². The van der Waals surface area contributed by atoms with Crippen LogP contribution in [0.4, 0.5) is 0 Å². The molecule has 6 heteroatoms. The van der Waals surface area contributed by atoms with Crippen LogP contribution in [0.3, 0.4) is 0 Å². The van der Waals surface area contributed by atoms with Gasteiger partial charge in [-0.2, -0.15) is 5.10 Å². The summed E-state index contributed by atoms with van der Waals surface area (Å²) in [6.45, 7) is 3.90. The van der Waals surface area contributed by atoms with Gasteiger partial charge in [0.05, 0.1) is 16.9 Å². The number of hydrogen-bond donors (Lipinski definition) is 1. The minimum Gasteiger partial charge on any atom is -0.327 e. The third kappa shape index (κ3) is 2.86. The molecule has 0 bridgehead atoms. The lowest BCUT2D eigenvalue weighted by molar-refractivity contribution is 0.642. The second-order valence-corrected chi connectivity index (χ2v) is 4.68. The number of aryl methyl sites for hydroxylation is 1. The Labute approximate surface area is 111 Å². The monoisotopic (exact) mass is 265 g/mol. The number of nitrogens with zero attached hydrogens (tertiary/aromatic N) is 4. The maximum Gasteiger partial charge on any atom is 0.250 e. The molecule has 0 saturated heterocycles. The Kier molecular flexibility index (Phi) is 3.93. The molecule has 2 aromatic heterocycles. The average molecular weight is 266 g/mol. The van der Waals surface area contributed by atoms with Crippen LogP contribution in [0, 0.1) is 6.92 Å². The van der Waals surface area contributed by atoms with Crippen molar-refractivity contribution in [3.05, 3.63) is 34.9 Å². The molecule has 5 nitrogen and oxygen atoms in total. The van der Waals surface area contributed by atoms with Crippen molar-refractivity contribution in [1.29, 1.82) is 0 Å². The summed E-state index contributed by atoms with van der Waals surface area (Å²) in [6, 6.07) is 0.154. The van der Waals surface area contributed by atoms with Gasteiger partial charge in [-0.3, -0.25) is 0 Å². The van der Waals surface area contributed by atoms with E-state index in [2.05, 4.69) is 22.0 Å². The van der Waals surface area contributed by atoms with E-state index in [-0.39, 0.29) is 6.04 Å². The zero-order valence-corrected chi connectivity index (χ0v) is 11.2. The molecular weight excluding hydrogens is 250 g/mol. The molecule has 0 amide bonds. The van der Waals surface area contributed by atoms with E-state index in [0.29, 0.717) is 11.0 Å². The van der Waals surface area contributed by atoms with Gasteiger partial charge in [0.2, 0.25) is 5.95 Å². The molecular formula is C12H16ClN5. The number of hydrogen-bond acceptors (Lipinski definition) is 4. The molecule has 2 heterocycles. The lowest BCUT2D eigenvalue weighted by Crippen LogP contribution is -2.21. The summed E-state index contributed by atoms with van der Waals surface area (Å²) in [5.41, 5.74) is 7.68. The van der Waals surface area contributed by atoms with Gasteiger partial charge >= 0.3 is 0 Å². The van der Waals surface area contributed by atoms with E-state index in [4.69, 9.17) is 17.3 Å². The summed E-state index contributed by atoms with van der Waals surface area (Å²) in [7, 11) is 0. The van der Waals surface area contributed by atoms with Gasteiger partial charge < -0.3 is 5.73 Å². The summed E-state index contributed by atoms with van der Waals surface area (Å²) in [5, 5.41) is 4.83. The second-order valence-electron chi connectivity index (χ2n) is 4.27. The van der Waals surface area contributed by atoms with Crippen LogP contribution in [0.5, 0.6) is 0 Å². The molecule has 1 atom stereocenters. The molecule has 2 N–H and O–H groups in total. The van der Waals surface area contributed by atoms with Gasteiger partial charge in [0.1, 0.15) is 0 Å². The lowest BCUT2D eigenvalue weighted by atomic mass is 10.1. The highest BCUT2D eigenvalue weighted by Gasteiger charge is 2.07. The maximum atomic E-state index is 5.94. The molecule has 96 valence electrons. The molecule has 0 aromatic carbocycles. The summed E-state index contributed by atoms with van der Waals surface area (Å²) < 4.78 is 1.57. The first-order valence-corrected chi connectivity index (χ1v) is 6.26. The topological polar surface area (TPSA) is 69.6 Å². The first kappa shape index (κ1) is 13.0. The Morgan fingerprint density at radius 2 is 2.06 bits per heavy atom. The van der Waals surface area contributed by atoms with Crippen molar-refractivity contribution in [2.75, 3.05) is 0 Å². The van der Waals surface area contributed by atoms with Gasteiger partial charge in [-0.05, 0) is 25.3 Å². The normalized spacial score (nSPS) is 12.7. The predicted octanol–water partition coefficient (Wildman–Crippen LogP) is 1.90. The van der Waals surface area contributed by atoms with Crippen molar-refractivity contribution < 1.29 is 0 Å². The summed E-state index contributed by atoms with van der Waals surface area (Å²) in [6.07, 6.45) is 6.99. The van der Waals surface area contributed by atoms with Crippen LogP contribution in [0.2, 0.25) is 5.02 Å². The third-order valence-electron chi connectivity index (χ3n) is 2.76. The minimum absolute atomic E-state index is 0.154. The zero-order valence-electron chi connectivity index (χ0n) is 10.5. The van der Waals surface area contributed by atoms with Gasteiger partial charge in [0.15, 0.2) is 0 Å². The summed E-state index contributed by atoms with van der Waals surface area (Å²) >= 11 is 5.94. The highest BCUT2D eigenvalue weighted by Crippen LogP contribution is 2.14. The van der Waals surface area contributed by atoms with Crippen LogP contribution < -0.4 is 5.73 Å². The molecule has 0 aliphatic rings. The highest BCUT2D eigenvalue weighted by molar-refractivity contribution is 6.31. The van der Waals surface area contributed by atoms with Crippen LogP contribution in [0.25, 0.3) is 5.95 Å². The third-order valence-corrected chi connectivity index (χ3v) is 3.13. The van der Waals surface area contributed by atoms with Crippen molar-refractivity contribution in [2.45, 2.75) is 32.7 Å². The van der Waals surface area contributed by atoms with E-state index in [1.54, 1.807) is 23.3 Å². The number of halogens is 1. The molecule has 0 aliphatic carbocycles. The van der Waals surface area contributed by atoms with Crippen LogP contribution >= 0.6 is 11.6 Å². The van der Waals surface area contributed by atoms with Crippen molar-refractivity contribution in [2.24, 2.45) is 5.73 Å². The van der Waals surface area contributed by atoms with Crippen LogP contribution in [-0.2, 0) is 6.42 Å². The molecule has 0 fully saturated rings. The molecule has 0 spiro atoms. The average Bonchev–Trinajstić information content (AvgIpc) is 2.70. The molecule has 2 aromatic rings. The summed E-state index contributed by atoms with van der Waals surface area (Å²) in [5.74, 6) is 0.513. The van der Waals surface area contributed by atoms with Gasteiger partial charge in [0.25, 0.3) is 0 Å². The zero-order chi connectivity index (χ0) is 13.1. The van der Waals surface area contributed by atoms with Gasteiger partial charge in [-0.25, -0.2) is 14.6 Å². The standard InChI is InChI=1S/C12H16ClN5/c1-3-10(14)4-9-5-15-12(16-6-9)18-7-11(13)8(2)17-18/h5-7,10H,3-4,14H2,1-2H3. The predicted molar refractivity (Wildman–Crippen MR) is 70.9 cm³/mol.